The van der Waals surface area contributed by atoms with E-state index in [1.807, 2.05) is 19.9 Å². The van der Waals surface area contributed by atoms with Crippen LogP contribution in [0.25, 0.3) is 11.5 Å². The van der Waals surface area contributed by atoms with E-state index in [1.54, 1.807) is 12.1 Å². The molecule has 3 aromatic rings. The van der Waals surface area contributed by atoms with E-state index in [0.29, 0.717) is 17.4 Å². The van der Waals surface area contributed by atoms with Crippen LogP contribution >= 0.6 is 0 Å². The van der Waals surface area contributed by atoms with Gasteiger partial charge in [0.15, 0.2) is 0 Å². The van der Waals surface area contributed by atoms with Crippen molar-refractivity contribution in [3.05, 3.63) is 47.5 Å². The highest BCUT2D eigenvalue weighted by Crippen LogP contribution is 2.20. The van der Waals surface area contributed by atoms with E-state index in [2.05, 4.69) is 25.4 Å². The molecule has 7 heteroatoms. The number of hydrogen-bond donors (Lipinski definition) is 1. The summed E-state index contributed by atoms with van der Waals surface area (Å²) in [5.74, 6) is 0.625. The maximum atomic E-state index is 12.9. The monoisotopic (exact) mass is 285 g/mol. The van der Waals surface area contributed by atoms with Crippen LogP contribution in [0.2, 0.25) is 0 Å². The van der Waals surface area contributed by atoms with Crippen LogP contribution in [0.5, 0.6) is 0 Å². The Morgan fingerprint density at radius 2 is 1.62 bits per heavy atom. The molecule has 6 nitrogen and oxygen atoms in total. The Labute approximate surface area is 120 Å². The molecule has 0 bridgehead atoms. The molecule has 0 aliphatic rings. The molecule has 0 saturated heterocycles. The van der Waals surface area contributed by atoms with E-state index in [-0.39, 0.29) is 11.8 Å². The third-order valence-electron chi connectivity index (χ3n) is 2.72. The maximum absolute atomic E-state index is 12.9. The minimum atomic E-state index is -0.319. The quantitative estimate of drug-likeness (QED) is 0.797. The van der Waals surface area contributed by atoms with Gasteiger partial charge in [-0.2, -0.15) is 4.98 Å². The molecule has 106 valence electrons. The van der Waals surface area contributed by atoms with Crippen molar-refractivity contribution in [1.82, 2.24) is 20.1 Å². The first-order chi connectivity index (χ1) is 10.1. The molecule has 1 N–H and O–H groups in total. The SMILES string of the molecule is Cc1cc(C)nc(Nc2noc(-c3ccc(F)cc3)n2)n1. The second kappa shape index (κ2) is 5.28. The van der Waals surface area contributed by atoms with Gasteiger partial charge < -0.3 is 4.52 Å². The van der Waals surface area contributed by atoms with Gasteiger partial charge in [0.1, 0.15) is 5.82 Å². The van der Waals surface area contributed by atoms with Crippen molar-refractivity contribution in [1.29, 1.82) is 0 Å². The topological polar surface area (TPSA) is 76.7 Å². The van der Waals surface area contributed by atoms with Crippen LogP contribution in [-0.4, -0.2) is 20.1 Å². The standard InChI is InChI=1S/C14H12FN5O/c1-8-7-9(2)17-13(16-8)19-14-18-12(21-20-14)10-3-5-11(15)6-4-10/h3-7H,1-2H3,(H,16,17,19,20). The highest BCUT2D eigenvalue weighted by atomic mass is 19.1. The van der Waals surface area contributed by atoms with Crippen molar-refractivity contribution >= 4 is 11.9 Å². The van der Waals surface area contributed by atoms with E-state index < -0.39 is 0 Å². The number of hydrogen-bond acceptors (Lipinski definition) is 6. The zero-order chi connectivity index (χ0) is 14.8. The number of nitrogens with zero attached hydrogens (tertiary/aromatic N) is 4. The molecular weight excluding hydrogens is 273 g/mol. The smallest absolute Gasteiger partial charge is 0.270 e. The molecule has 1 aromatic carbocycles. The molecule has 2 aromatic heterocycles. The molecule has 0 radical (unpaired) electrons. The summed E-state index contributed by atoms with van der Waals surface area (Å²) in [4.78, 5) is 12.6. The highest BCUT2D eigenvalue weighted by Gasteiger charge is 2.10. The second-order valence-corrected chi connectivity index (χ2v) is 4.53. The number of halogens is 1. The Morgan fingerprint density at radius 3 is 2.29 bits per heavy atom. The van der Waals surface area contributed by atoms with Gasteiger partial charge in [0.25, 0.3) is 11.8 Å². The molecular formula is C14H12FN5O. The number of anilines is 2. The average molecular weight is 285 g/mol. The molecule has 0 amide bonds. The number of rotatable bonds is 3. The minimum absolute atomic E-state index is 0.249. The molecule has 0 unspecified atom stereocenters. The molecule has 0 atom stereocenters. The van der Waals surface area contributed by atoms with Crippen molar-refractivity contribution in [2.24, 2.45) is 0 Å². The van der Waals surface area contributed by atoms with Crippen LogP contribution in [-0.2, 0) is 0 Å². The largest absolute Gasteiger partial charge is 0.332 e. The van der Waals surface area contributed by atoms with Crippen molar-refractivity contribution < 1.29 is 8.91 Å². The number of aryl methyl sites for hydroxylation is 2. The van der Waals surface area contributed by atoms with Crippen molar-refractivity contribution in [3.8, 4) is 11.5 Å². The molecule has 0 spiro atoms. The fraction of sp³-hybridized carbons (Fsp3) is 0.143. The molecule has 0 saturated carbocycles. The third-order valence-corrected chi connectivity index (χ3v) is 2.72. The number of nitrogens with one attached hydrogen (secondary N) is 1. The maximum Gasteiger partial charge on any atom is 0.270 e. The lowest BCUT2D eigenvalue weighted by molar-refractivity contribution is 0.432. The van der Waals surface area contributed by atoms with Gasteiger partial charge in [-0.25, -0.2) is 14.4 Å². The highest BCUT2D eigenvalue weighted by molar-refractivity contribution is 5.55. The van der Waals surface area contributed by atoms with E-state index in [9.17, 15) is 4.39 Å². The predicted molar refractivity (Wildman–Crippen MR) is 74.5 cm³/mol. The lowest BCUT2D eigenvalue weighted by Crippen LogP contribution is -2.01. The summed E-state index contributed by atoms with van der Waals surface area (Å²) in [5.41, 5.74) is 2.32. The summed E-state index contributed by atoms with van der Waals surface area (Å²) in [5, 5.41) is 6.67. The van der Waals surface area contributed by atoms with Crippen molar-refractivity contribution in [3.63, 3.8) is 0 Å². The Morgan fingerprint density at radius 1 is 0.952 bits per heavy atom. The van der Waals surface area contributed by atoms with Gasteiger partial charge in [-0.15, -0.1) is 0 Å². The van der Waals surface area contributed by atoms with Crippen LogP contribution < -0.4 is 5.32 Å². The van der Waals surface area contributed by atoms with Gasteiger partial charge in [0.05, 0.1) is 0 Å². The summed E-state index contributed by atoms with van der Waals surface area (Å²) in [6, 6.07) is 7.67. The zero-order valence-corrected chi connectivity index (χ0v) is 11.5. The number of benzene rings is 1. The summed E-state index contributed by atoms with van der Waals surface area (Å²) in [7, 11) is 0. The van der Waals surface area contributed by atoms with Crippen LogP contribution in [0.4, 0.5) is 16.3 Å². The Hall–Kier alpha value is -2.83. The van der Waals surface area contributed by atoms with Crippen LogP contribution in [0.3, 0.4) is 0 Å². The Balaban J connectivity index is 1.83. The second-order valence-electron chi connectivity index (χ2n) is 4.53. The van der Waals surface area contributed by atoms with Gasteiger partial charge >= 0.3 is 0 Å². The first-order valence-corrected chi connectivity index (χ1v) is 6.29. The third kappa shape index (κ3) is 3.02. The minimum Gasteiger partial charge on any atom is -0.332 e. The molecule has 3 rings (SSSR count). The molecule has 21 heavy (non-hydrogen) atoms. The fourth-order valence-electron chi connectivity index (χ4n) is 1.87. The molecule has 0 aliphatic carbocycles. The van der Waals surface area contributed by atoms with Crippen LogP contribution in [0.1, 0.15) is 11.4 Å². The lowest BCUT2D eigenvalue weighted by Gasteiger charge is -2.01. The van der Waals surface area contributed by atoms with Gasteiger partial charge in [-0.05, 0) is 49.3 Å². The van der Waals surface area contributed by atoms with Crippen molar-refractivity contribution in [2.45, 2.75) is 13.8 Å². The summed E-state index contributed by atoms with van der Waals surface area (Å²) >= 11 is 0. The first-order valence-electron chi connectivity index (χ1n) is 6.29. The van der Waals surface area contributed by atoms with E-state index in [0.717, 1.165) is 11.4 Å². The number of aromatic nitrogens is 4. The van der Waals surface area contributed by atoms with E-state index >= 15 is 0 Å². The summed E-state index contributed by atoms with van der Waals surface area (Å²) in [6.07, 6.45) is 0. The van der Waals surface area contributed by atoms with Crippen molar-refractivity contribution in [2.75, 3.05) is 5.32 Å². The lowest BCUT2D eigenvalue weighted by atomic mass is 10.2. The molecule has 0 aliphatic heterocycles. The van der Waals surface area contributed by atoms with E-state index in [1.165, 1.54) is 12.1 Å². The zero-order valence-electron chi connectivity index (χ0n) is 11.5. The summed E-state index contributed by atoms with van der Waals surface area (Å²) in [6.45, 7) is 3.75. The predicted octanol–water partition coefficient (Wildman–Crippen LogP) is 3.03. The van der Waals surface area contributed by atoms with Gasteiger partial charge in [0, 0.05) is 17.0 Å². The summed E-state index contributed by atoms with van der Waals surface area (Å²) < 4.78 is 18.0. The molecule has 0 fully saturated rings. The normalized spacial score (nSPS) is 10.6. The molecule has 2 heterocycles. The van der Waals surface area contributed by atoms with Crippen LogP contribution in [0, 0.1) is 19.7 Å². The first kappa shape index (κ1) is 13.2. The van der Waals surface area contributed by atoms with Gasteiger partial charge in [-0.1, -0.05) is 0 Å². The van der Waals surface area contributed by atoms with Gasteiger partial charge in [-0.3, -0.25) is 5.32 Å². The van der Waals surface area contributed by atoms with Crippen LogP contribution in [0.15, 0.2) is 34.9 Å². The van der Waals surface area contributed by atoms with E-state index in [4.69, 9.17) is 4.52 Å². The van der Waals surface area contributed by atoms with Gasteiger partial charge in [0.2, 0.25) is 5.95 Å². The Bertz CT molecular complexity index is 749. The fourth-order valence-corrected chi connectivity index (χ4v) is 1.87. The Kier molecular flexibility index (Phi) is 3.31. The average Bonchev–Trinajstić information content (AvgIpc) is 2.87.